The number of carbonyl (C=O) groups excluding carboxylic acids is 10. The molecular formula is C116H186N10O15. The van der Waals surface area contributed by atoms with E-state index in [1.807, 2.05) is 100 Å². The Kier molecular flexibility index (Phi) is 58.4. The summed E-state index contributed by atoms with van der Waals surface area (Å²) < 4.78 is 30.7. The van der Waals surface area contributed by atoms with E-state index in [0.717, 1.165) is 164 Å². The van der Waals surface area contributed by atoms with Crippen LogP contribution in [0.4, 0.5) is 0 Å². The van der Waals surface area contributed by atoms with E-state index >= 15 is 0 Å². The zero-order chi connectivity index (χ0) is 105. The number of benzene rings is 5. The van der Waals surface area contributed by atoms with Gasteiger partial charge in [0.15, 0.2) is 28.9 Å². The number of amides is 5. The van der Waals surface area contributed by atoms with Crippen LogP contribution < -0.4 is 50.3 Å². The summed E-state index contributed by atoms with van der Waals surface area (Å²) in [4.78, 5) is 131. The van der Waals surface area contributed by atoms with Crippen LogP contribution in [0.25, 0.3) is 0 Å². The summed E-state index contributed by atoms with van der Waals surface area (Å²) in [5.41, 5.74) is 7.53. The Morgan fingerprint density at radius 3 is 0.986 bits per heavy atom. The van der Waals surface area contributed by atoms with Crippen LogP contribution in [-0.2, 0) is 86.5 Å². The molecule has 5 N–H and O–H groups in total. The lowest BCUT2D eigenvalue weighted by atomic mass is 9.96. The topological polar surface area (TPSA) is 293 Å². The summed E-state index contributed by atoms with van der Waals surface area (Å²) in [7, 11) is 8.54. The zero-order valence-corrected chi connectivity index (χ0v) is 91.9. The van der Waals surface area contributed by atoms with E-state index in [-0.39, 0.29) is 137 Å². The third-order valence-corrected chi connectivity index (χ3v) is 28.2. The number of para-hydroxylation sites is 5. The van der Waals surface area contributed by atoms with Gasteiger partial charge in [-0.1, -0.05) is 212 Å². The zero-order valence-electron chi connectivity index (χ0n) is 91.9. The smallest absolute Gasteiger partial charge is 0.240 e. The molecule has 2 aliphatic carbocycles. The summed E-state index contributed by atoms with van der Waals surface area (Å²) in [6.07, 6.45) is 24.6. The number of ether oxygens (including phenoxy) is 5. The molecule has 0 saturated heterocycles. The number of hydrogen-bond acceptors (Lipinski definition) is 20. The van der Waals surface area contributed by atoms with Crippen LogP contribution >= 0.6 is 0 Å². The summed E-state index contributed by atoms with van der Waals surface area (Å²) in [6.45, 7) is 47.7. The third-order valence-electron chi connectivity index (χ3n) is 28.2. The second-order valence-electron chi connectivity index (χ2n) is 40.1. The molecule has 0 spiro atoms. The van der Waals surface area contributed by atoms with E-state index in [9.17, 15) is 47.9 Å². The molecule has 3 unspecified atom stereocenters. The number of fused-ring (bicyclic) bond motifs is 1. The molecule has 1 aliphatic heterocycles. The van der Waals surface area contributed by atoms with E-state index in [2.05, 4.69) is 131 Å². The molecule has 2 saturated carbocycles. The maximum atomic E-state index is 13.0. The van der Waals surface area contributed by atoms with Crippen LogP contribution in [0, 0.1) is 29.6 Å². The molecular weight excluding hydrogens is 1770 g/mol. The van der Waals surface area contributed by atoms with Crippen LogP contribution in [0.2, 0.25) is 0 Å². The monoisotopic (exact) mass is 1960 g/mol. The molecule has 5 amide bonds. The first kappa shape index (κ1) is 124. The first-order chi connectivity index (χ1) is 67.1. The quantitative estimate of drug-likeness (QED) is 0.0226. The minimum Gasteiger partial charge on any atom is -0.492 e. The molecule has 790 valence electrons. The molecule has 141 heavy (non-hydrogen) atoms. The Morgan fingerprint density at radius 1 is 0.348 bits per heavy atom. The van der Waals surface area contributed by atoms with Crippen molar-refractivity contribution in [3.8, 4) is 28.7 Å². The van der Waals surface area contributed by atoms with Crippen molar-refractivity contribution in [2.45, 2.75) is 386 Å². The Labute approximate surface area is 850 Å². The number of ketones is 5. The number of Topliss-reactive ketones (excluding diaryl/α,β-unsaturated/α-hetero) is 5. The van der Waals surface area contributed by atoms with Crippen molar-refractivity contribution in [2.24, 2.45) is 29.6 Å². The van der Waals surface area contributed by atoms with Crippen LogP contribution in [0.15, 0.2) is 115 Å². The van der Waals surface area contributed by atoms with E-state index < -0.39 is 18.1 Å². The number of carbonyl (C=O) groups is 10. The van der Waals surface area contributed by atoms with Crippen molar-refractivity contribution in [3.63, 3.8) is 0 Å². The molecule has 25 nitrogen and oxygen atoms in total. The lowest BCUT2D eigenvalue weighted by molar-refractivity contribution is -0.139. The van der Waals surface area contributed by atoms with Gasteiger partial charge in [-0.2, -0.15) is 0 Å². The average Bonchev–Trinajstić information content (AvgIpc) is 1.12. The number of likely N-dealkylation sites (N-methyl/N-ethyl adjacent to an activating group) is 5. The van der Waals surface area contributed by atoms with Crippen molar-refractivity contribution >= 4 is 58.5 Å². The van der Waals surface area contributed by atoms with E-state index in [1.54, 1.807) is 89.5 Å². The van der Waals surface area contributed by atoms with Crippen LogP contribution in [0.5, 0.6) is 28.7 Å². The molecule has 0 bridgehead atoms. The van der Waals surface area contributed by atoms with Gasteiger partial charge in [0.1, 0.15) is 60.3 Å². The standard InChI is InChI=1S/C24H36N2O3.C24H40N2O3.2C23H38N2O3.C22H34N2O3/c1-5-6-8-19-9-7-10-20-13-14-21(29-23(19)20)15-25-22(18-11-12-18)24(28)26(4)16(2)17(3)27;1-8-10-13-21-14-11-12-15-22(21)29-18(4)16-25-23(17(3)9-2)24(28)26(7)19(5)20(6)27;1-8-9-12-20-13-10-11-14-21(20)28-17(4)15-24-22(16(2)3)23(27)25(7)18(5)19(6)26;1-7-9-12-20-13-10-11-14-21(20)28-16-15-24-22(17(3)8-2)23(27)25(6)18(4)19(5)26;1-5-6-9-18-10-7-8-11-20(18)27-15-14-23-21(19-12-13-19)22(26)24(4)16(2)17(3)25/h7,9-10,16,18,21-22,25H,5-6,8,11-15H2,1-4H3;11-12,14-15,17-19,23,25H,8-10,13,16H2,1-7H3;10-11,13-14,16-18,22,24H,8-9,12,15H2,1-7H3;10-11,13-14,17-18,22,24H,7-9,12,15-16H2,1-6H3;7-8,10-11,16,19,21,23H,5-6,9,12-15H2,1-4H3/t16-,21?,22+;17?,18-,19-,23+;17-,18-,22+;17?,18-,22+;16-,21+/m11111/s1. The molecule has 8 rings (SSSR count). The largest absolute Gasteiger partial charge is 0.492 e. The normalized spacial score (nSPS) is 16.0. The number of nitrogens with zero attached hydrogens (tertiary/aromatic N) is 5. The predicted octanol–water partition coefficient (Wildman–Crippen LogP) is 18.7. The molecule has 25 heteroatoms. The molecule has 15 atom stereocenters. The van der Waals surface area contributed by atoms with Crippen molar-refractivity contribution in [3.05, 3.63) is 149 Å². The fourth-order valence-corrected chi connectivity index (χ4v) is 16.5. The Hall–Kier alpha value is -9.40. The maximum absolute atomic E-state index is 13.0. The van der Waals surface area contributed by atoms with Gasteiger partial charge in [-0.25, -0.2) is 0 Å². The highest BCUT2D eigenvalue weighted by Gasteiger charge is 2.42. The number of nitrogens with one attached hydrogen (secondary N) is 5. The van der Waals surface area contributed by atoms with Gasteiger partial charge in [0.25, 0.3) is 0 Å². The Bertz CT molecular complexity index is 4550. The highest BCUT2D eigenvalue weighted by atomic mass is 16.5. The van der Waals surface area contributed by atoms with Crippen molar-refractivity contribution < 1.29 is 71.6 Å². The van der Waals surface area contributed by atoms with E-state index in [4.69, 9.17) is 23.7 Å². The van der Waals surface area contributed by atoms with Gasteiger partial charge in [0.05, 0.1) is 60.4 Å². The molecule has 1 heterocycles. The van der Waals surface area contributed by atoms with Gasteiger partial charge in [0, 0.05) is 68.0 Å². The van der Waals surface area contributed by atoms with Crippen LogP contribution in [0.3, 0.4) is 0 Å². The third kappa shape index (κ3) is 42.8. The number of rotatable bonds is 60. The van der Waals surface area contributed by atoms with Crippen molar-refractivity contribution in [2.75, 3.05) is 81.2 Å². The second-order valence-corrected chi connectivity index (χ2v) is 40.1. The van der Waals surface area contributed by atoms with Gasteiger partial charge in [-0.05, 0) is 273 Å². The first-order valence-electron chi connectivity index (χ1n) is 53.3. The summed E-state index contributed by atoms with van der Waals surface area (Å²) in [5, 5.41) is 17.0. The van der Waals surface area contributed by atoms with E-state index in [1.165, 1.54) is 85.7 Å². The fraction of sp³-hybridized carbons (Fsp3) is 0.655. The Morgan fingerprint density at radius 2 is 0.645 bits per heavy atom. The lowest BCUT2D eigenvalue weighted by Gasteiger charge is -2.31. The van der Waals surface area contributed by atoms with Crippen molar-refractivity contribution in [1.82, 2.24) is 51.1 Å². The molecule has 3 aliphatic rings. The Balaban J connectivity index is 0.000000368. The molecule has 5 aromatic carbocycles. The minimum absolute atomic E-state index is 0.00328. The highest BCUT2D eigenvalue weighted by Crippen LogP contribution is 2.37. The summed E-state index contributed by atoms with van der Waals surface area (Å²) >= 11 is 0. The maximum Gasteiger partial charge on any atom is 0.240 e. The average molecular weight is 1960 g/mol. The lowest BCUT2D eigenvalue weighted by Crippen LogP contribution is -2.53. The van der Waals surface area contributed by atoms with Gasteiger partial charge in [-0.15, -0.1) is 0 Å². The SMILES string of the molecule is CCCCc1cccc2c1OC(CN[C@H](C(=O)N(C)[C@H](C)C(C)=O)C1CC1)CC2.CCCCc1ccccc1OCCN[C@H](C(=O)N(C)[C@H](C)C(C)=O)C(C)CC.CCCCc1ccccc1OCCN[C@H](C(=O)N(C)[C@H](C)C(C)=O)C1CC1.CCCCc1ccccc1O[C@H](C)CN[C@H](C(=O)N(C)[C@H](C)C(C)=O)C(C)C.CCCCc1ccccc1O[C@H](C)CN[C@H](C(=O)N(C)[C@H](C)C(C)=O)C(C)CC. The minimum atomic E-state index is -0.422. The van der Waals surface area contributed by atoms with Gasteiger partial charge in [0.2, 0.25) is 29.5 Å². The predicted molar refractivity (Wildman–Crippen MR) is 572 cm³/mol. The van der Waals surface area contributed by atoms with Crippen molar-refractivity contribution in [1.29, 1.82) is 0 Å². The van der Waals surface area contributed by atoms with Crippen LogP contribution in [0.1, 0.15) is 302 Å². The van der Waals surface area contributed by atoms with Gasteiger partial charge >= 0.3 is 0 Å². The molecule has 2 fully saturated rings. The number of unbranched alkanes of at least 4 members (excludes halogenated alkanes) is 5. The molecule has 0 aromatic heterocycles. The van der Waals surface area contributed by atoms with Gasteiger partial charge in [-0.3, -0.25) is 47.9 Å². The van der Waals surface area contributed by atoms with Crippen LogP contribution in [-0.4, -0.2) is 243 Å². The van der Waals surface area contributed by atoms with E-state index in [0.29, 0.717) is 57.8 Å². The number of aryl methyl sites for hydroxylation is 6. The van der Waals surface area contributed by atoms with Gasteiger partial charge < -0.3 is 74.8 Å². The first-order valence-corrected chi connectivity index (χ1v) is 53.3. The second kappa shape index (κ2) is 66.5. The fourth-order valence-electron chi connectivity index (χ4n) is 16.5. The number of hydrogen-bond donors (Lipinski definition) is 5. The highest BCUT2D eigenvalue weighted by molar-refractivity contribution is 5.92. The summed E-state index contributed by atoms with van der Waals surface area (Å²) in [6, 6.07) is 35.6. The molecule has 0 radical (unpaired) electrons. The summed E-state index contributed by atoms with van der Waals surface area (Å²) in [5.74, 6) is 5.82. The molecule has 5 aromatic rings.